The van der Waals surface area contributed by atoms with E-state index in [1.807, 2.05) is 0 Å². The highest BCUT2D eigenvalue weighted by molar-refractivity contribution is 6.30. The summed E-state index contributed by atoms with van der Waals surface area (Å²) in [5.74, 6) is -0.961. The molecule has 2 aromatic rings. The minimum absolute atomic E-state index is 0.105. The van der Waals surface area contributed by atoms with Gasteiger partial charge in [-0.05, 0) is 63.4 Å². The van der Waals surface area contributed by atoms with Gasteiger partial charge >= 0.3 is 5.97 Å². The quantitative estimate of drug-likeness (QED) is 0.440. The summed E-state index contributed by atoms with van der Waals surface area (Å²) >= 11 is 5.96. The number of carbonyl (C=O) groups excluding carboxylic acids is 3. The molecule has 2 heterocycles. The van der Waals surface area contributed by atoms with Gasteiger partial charge in [0.25, 0.3) is 5.91 Å². The lowest BCUT2D eigenvalue weighted by Gasteiger charge is -2.25. The first-order valence-corrected chi connectivity index (χ1v) is 11.1. The van der Waals surface area contributed by atoms with Crippen LogP contribution in [-0.2, 0) is 16.5 Å². The Morgan fingerprint density at radius 1 is 1.22 bits per heavy atom. The van der Waals surface area contributed by atoms with E-state index >= 15 is 0 Å². The Kier molecular flexibility index (Phi) is 7.74. The number of rotatable bonds is 8. The molecule has 1 aliphatic rings. The fourth-order valence-corrected chi connectivity index (χ4v) is 4.28. The average Bonchev–Trinajstić information content (AvgIpc) is 3.34. The van der Waals surface area contributed by atoms with E-state index in [4.69, 9.17) is 21.1 Å². The molecule has 0 saturated carbocycles. The van der Waals surface area contributed by atoms with Crippen molar-refractivity contribution in [3.8, 4) is 0 Å². The van der Waals surface area contributed by atoms with Gasteiger partial charge in [-0.1, -0.05) is 11.6 Å². The van der Waals surface area contributed by atoms with Crippen LogP contribution in [0.2, 0.25) is 5.02 Å². The molecule has 0 N–H and O–H groups in total. The average molecular weight is 461 g/mol. The maximum Gasteiger partial charge on any atom is 0.355 e. The number of esters is 1. The molecule has 1 aliphatic heterocycles. The van der Waals surface area contributed by atoms with Crippen molar-refractivity contribution in [2.45, 2.75) is 39.7 Å². The number of Topliss-reactive ketones (excluding diaryl/α,β-unsaturated/α-hetero) is 1. The number of carbonyl (C=O) groups is 3. The molecule has 0 spiro atoms. The van der Waals surface area contributed by atoms with Gasteiger partial charge in [-0.15, -0.1) is 0 Å². The van der Waals surface area contributed by atoms with Gasteiger partial charge in [0.2, 0.25) is 0 Å². The second-order valence-corrected chi connectivity index (χ2v) is 8.40. The van der Waals surface area contributed by atoms with Crippen molar-refractivity contribution in [1.82, 2.24) is 9.47 Å². The molecule has 8 heteroatoms. The van der Waals surface area contributed by atoms with Crippen molar-refractivity contribution in [3.63, 3.8) is 0 Å². The molecule has 1 fully saturated rings. The Morgan fingerprint density at radius 2 is 1.91 bits per heavy atom. The maximum atomic E-state index is 13.4. The molecule has 32 heavy (non-hydrogen) atoms. The molecule has 1 aromatic heterocycles. The van der Waals surface area contributed by atoms with Crippen molar-refractivity contribution in [2.75, 3.05) is 26.3 Å². The molecule has 0 radical (unpaired) electrons. The number of benzene rings is 1. The van der Waals surface area contributed by atoms with E-state index < -0.39 is 5.97 Å². The van der Waals surface area contributed by atoms with E-state index in [1.165, 1.54) is 4.90 Å². The SMILES string of the molecule is CCOC(=O)c1c(C)c(C(=O)CN(C[C@H]2CCCO2)C(=O)c2ccc(Cl)cc2)c(C)n1C. The van der Waals surface area contributed by atoms with Crippen molar-refractivity contribution in [3.05, 3.63) is 57.4 Å². The molecule has 3 rings (SSSR count). The molecule has 0 unspecified atom stereocenters. The molecule has 0 bridgehead atoms. The van der Waals surface area contributed by atoms with Crippen molar-refractivity contribution >= 4 is 29.3 Å². The molecule has 1 saturated heterocycles. The zero-order chi connectivity index (χ0) is 23.4. The Balaban J connectivity index is 1.89. The fraction of sp³-hybridized carbons (Fsp3) is 0.458. The van der Waals surface area contributed by atoms with Crippen molar-refractivity contribution in [1.29, 1.82) is 0 Å². The third-order valence-electron chi connectivity index (χ3n) is 5.84. The number of amides is 1. The van der Waals surface area contributed by atoms with Crippen LogP contribution in [0.1, 0.15) is 62.2 Å². The highest BCUT2D eigenvalue weighted by Gasteiger charge is 2.30. The lowest BCUT2D eigenvalue weighted by Crippen LogP contribution is -2.41. The highest BCUT2D eigenvalue weighted by atomic mass is 35.5. The third kappa shape index (κ3) is 5.05. The van der Waals surface area contributed by atoms with E-state index in [0.717, 1.165) is 12.8 Å². The molecule has 172 valence electrons. The number of halogens is 1. The summed E-state index contributed by atoms with van der Waals surface area (Å²) < 4.78 is 12.5. The highest BCUT2D eigenvalue weighted by Crippen LogP contribution is 2.24. The molecule has 0 aliphatic carbocycles. The third-order valence-corrected chi connectivity index (χ3v) is 6.09. The number of hydrogen-bond donors (Lipinski definition) is 0. The Bertz CT molecular complexity index is 1010. The predicted octanol–water partition coefficient (Wildman–Crippen LogP) is 3.98. The van der Waals surface area contributed by atoms with Gasteiger partial charge in [-0.25, -0.2) is 4.79 Å². The second kappa shape index (κ2) is 10.3. The van der Waals surface area contributed by atoms with Crippen LogP contribution in [0.25, 0.3) is 0 Å². The minimum Gasteiger partial charge on any atom is -0.461 e. The largest absolute Gasteiger partial charge is 0.461 e. The van der Waals surface area contributed by atoms with E-state index in [1.54, 1.807) is 56.7 Å². The topological polar surface area (TPSA) is 77.8 Å². The zero-order valence-electron chi connectivity index (χ0n) is 18.9. The first-order valence-electron chi connectivity index (χ1n) is 10.8. The van der Waals surface area contributed by atoms with Crippen LogP contribution in [-0.4, -0.2) is 59.5 Å². The minimum atomic E-state index is -0.469. The lowest BCUT2D eigenvalue weighted by atomic mass is 10.0. The second-order valence-electron chi connectivity index (χ2n) is 7.96. The molecule has 7 nitrogen and oxygen atoms in total. The fourth-order valence-electron chi connectivity index (χ4n) is 4.16. The van der Waals surface area contributed by atoms with Gasteiger partial charge in [-0.2, -0.15) is 0 Å². The Morgan fingerprint density at radius 3 is 2.50 bits per heavy atom. The van der Waals surface area contributed by atoms with Gasteiger partial charge in [0.1, 0.15) is 5.69 Å². The standard InChI is InChI=1S/C24H29ClN2O5/c1-5-31-24(30)22-15(2)21(16(3)26(22)4)20(28)14-27(13-19-7-6-12-32-19)23(29)17-8-10-18(25)11-9-17/h8-11,19H,5-7,12-14H2,1-4H3/t19-/m1/s1. The summed E-state index contributed by atoms with van der Waals surface area (Å²) in [6.45, 7) is 6.36. The molecular formula is C24H29ClN2O5. The number of ketones is 1. The van der Waals surface area contributed by atoms with Crippen LogP contribution in [0.15, 0.2) is 24.3 Å². The monoisotopic (exact) mass is 460 g/mol. The first kappa shape index (κ1) is 24.0. The maximum absolute atomic E-state index is 13.4. The van der Waals surface area contributed by atoms with Gasteiger partial charge in [0, 0.05) is 42.0 Å². The van der Waals surface area contributed by atoms with Gasteiger partial charge in [-0.3, -0.25) is 9.59 Å². The van der Waals surface area contributed by atoms with Crippen molar-refractivity contribution in [2.24, 2.45) is 7.05 Å². The Hall–Kier alpha value is -2.64. The van der Waals surface area contributed by atoms with Gasteiger partial charge < -0.3 is 18.9 Å². The summed E-state index contributed by atoms with van der Waals surface area (Å²) in [6.07, 6.45) is 1.67. The zero-order valence-corrected chi connectivity index (χ0v) is 19.7. The number of ether oxygens (including phenoxy) is 2. The predicted molar refractivity (Wildman–Crippen MR) is 122 cm³/mol. The van der Waals surface area contributed by atoms with Crippen LogP contribution in [0, 0.1) is 13.8 Å². The van der Waals surface area contributed by atoms with Gasteiger partial charge in [0.05, 0.1) is 19.3 Å². The van der Waals surface area contributed by atoms with E-state index in [9.17, 15) is 14.4 Å². The van der Waals surface area contributed by atoms with Crippen molar-refractivity contribution < 1.29 is 23.9 Å². The molecule has 1 atom stereocenters. The number of aromatic nitrogens is 1. The normalized spacial score (nSPS) is 15.6. The summed E-state index contributed by atoms with van der Waals surface area (Å²) in [4.78, 5) is 40.6. The Labute approximate surface area is 193 Å². The van der Waals surface area contributed by atoms with Crippen LogP contribution < -0.4 is 0 Å². The van der Waals surface area contributed by atoms with Crippen LogP contribution in [0.5, 0.6) is 0 Å². The van der Waals surface area contributed by atoms with Crippen LogP contribution in [0.3, 0.4) is 0 Å². The van der Waals surface area contributed by atoms with E-state index in [-0.39, 0.29) is 30.9 Å². The lowest BCUT2D eigenvalue weighted by molar-refractivity contribution is 0.0505. The first-order chi connectivity index (χ1) is 15.2. The summed E-state index contributed by atoms with van der Waals surface area (Å²) in [5.41, 5.74) is 2.46. The number of hydrogen-bond acceptors (Lipinski definition) is 5. The molecular weight excluding hydrogens is 432 g/mol. The summed E-state index contributed by atoms with van der Waals surface area (Å²) in [5, 5.41) is 0.533. The molecule has 1 amide bonds. The van der Waals surface area contributed by atoms with E-state index in [0.29, 0.717) is 46.3 Å². The van der Waals surface area contributed by atoms with Gasteiger partial charge in [0.15, 0.2) is 5.78 Å². The van der Waals surface area contributed by atoms with Crippen LogP contribution in [0.4, 0.5) is 0 Å². The molecule has 1 aromatic carbocycles. The smallest absolute Gasteiger partial charge is 0.355 e. The summed E-state index contributed by atoms with van der Waals surface area (Å²) in [7, 11) is 1.73. The van der Waals surface area contributed by atoms with E-state index in [2.05, 4.69) is 0 Å². The number of nitrogens with zero attached hydrogens (tertiary/aromatic N) is 2. The summed E-state index contributed by atoms with van der Waals surface area (Å²) in [6, 6.07) is 6.60. The van der Waals surface area contributed by atoms with Crippen LogP contribution >= 0.6 is 11.6 Å².